The Morgan fingerprint density at radius 1 is 0.929 bits per heavy atom. The number of carbonyl (C=O) groups is 2. The molecule has 0 aliphatic carbocycles. The van der Waals surface area contributed by atoms with Gasteiger partial charge in [-0.25, -0.2) is 4.39 Å². The molecule has 1 aliphatic rings. The molecule has 0 unspecified atom stereocenters. The van der Waals surface area contributed by atoms with E-state index < -0.39 is 17.6 Å². The fourth-order valence-corrected chi connectivity index (χ4v) is 3.11. The molecule has 28 heavy (non-hydrogen) atoms. The Balaban J connectivity index is 1.55. The maximum Gasteiger partial charge on any atom is 0.416 e. The van der Waals surface area contributed by atoms with Crippen molar-refractivity contribution in [3.8, 4) is 0 Å². The third-order valence-corrected chi connectivity index (χ3v) is 4.72. The van der Waals surface area contributed by atoms with E-state index in [0.717, 1.165) is 12.1 Å². The number of nitrogens with zero attached hydrogens (tertiary/aromatic N) is 1. The van der Waals surface area contributed by atoms with Crippen molar-refractivity contribution in [2.45, 2.75) is 19.0 Å². The van der Waals surface area contributed by atoms with Crippen LogP contribution in [0.25, 0.3) is 0 Å². The molecule has 4 nitrogen and oxygen atoms in total. The van der Waals surface area contributed by atoms with Gasteiger partial charge in [0.05, 0.1) is 5.56 Å². The predicted molar refractivity (Wildman–Crippen MR) is 95.1 cm³/mol. The van der Waals surface area contributed by atoms with Crippen LogP contribution in [0.1, 0.15) is 28.8 Å². The second-order valence-electron chi connectivity index (χ2n) is 6.64. The summed E-state index contributed by atoms with van der Waals surface area (Å²) in [6, 6.07) is 9.54. The van der Waals surface area contributed by atoms with Crippen molar-refractivity contribution < 1.29 is 27.2 Å². The maximum atomic E-state index is 12.9. The number of rotatable bonds is 3. The van der Waals surface area contributed by atoms with Gasteiger partial charge in [-0.15, -0.1) is 0 Å². The topological polar surface area (TPSA) is 49.4 Å². The third kappa shape index (κ3) is 4.68. The molecule has 1 saturated heterocycles. The zero-order valence-electron chi connectivity index (χ0n) is 14.8. The molecule has 0 radical (unpaired) electrons. The molecule has 2 amide bonds. The van der Waals surface area contributed by atoms with Crippen molar-refractivity contribution in [3.05, 3.63) is 65.5 Å². The van der Waals surface area contributed by atoms with Crippen LogP contribution in [-0.4, -0.2) is 29.8 Å². The summed E-state index contributed by atoms with van der Waals surface area (Å²) in [7, 11) is 0. The number of piperidine rings is 1. The number of nitrogens with one attached hydrogen (secondary N) is 1. The number of amides is 2. The van der Waals surface area contributed by atoms with Gasteiger partial charge in [-0.2, -0.15) is 13.2 Å². The highest BCUT2D eigenvalue weighted by atomic mass is 19.4. The van der Waals surface area contributed by atoms with Crippen LogP contribution < -0.4 is 5.32 Å². The van der Waals surface area contributed by atoms with E-state index in [2.05, 4.69) is 5.32 Å². The fraction of sp³-hybridized carbons (Fsp3) is 0.300. The molecule has 0 bridgehead atoms. The lowest BCUT2D eigenvalue weighted by Gasteiger charge is -2.31. The first-order chi connectivity index (χ1) is 13.2. The number of alkyl halides is 3. The third-order valence-electron chi connectivity index (χ3n) is 4.72. The quantitative estimate of drug-likeness (QED) is 0.788. The van der Waals surface area contributed by atoms with Crippen molar-refractivity contribution in [3.63, 3.8) is 0 Å². The number of halogens is 4. The zero-order valence-corrected chi connectivity index (χ0v) is 14.8. The van der Waals surface area contributed by atoms with Gasteiger partial charge in [0, 0.05) is 30.3 Å². The minimum Gasteiger partial charge on any atom is -0.339 e. The standard InChI is InChI=1S/C20H18F4N2O2/c21-16-5-7-17(8-6-16)25-18(27)13-9-11-26(12-10-13)19(28)14-1-3-15(4-2-14)20(22,23)24/h1-8,13H,9-12H2,(H,25,27). The van der Waals surface area contributed by atoms with E-state index in [1.807, 2.05) is 0 Å². The lowest BCUT2D eigenvalue weighted by atomic mass is 9.95. The van der Waals surface area contributed by atoms with Crippen molar-refractivity contribution in [2.75, 3.05) is 18.4 Å². The average Bonchev–Trinajstić information content (AvgIpc) is 2.69. The van der Waals surface area contributed by atoms with Gasteiger partial charge in [-0.05, 0) is 61.4 Å². The van der Waals surface area contributed by atoms with E-state index in [9.17, 15) is 27.2 Å². The molecule has 0 spiro atoms. The summed E-state index contributed by atoms with van der Waals surface area (Å²) >= 11 is 0. The van der Waals surface area contributed by atoms with Gasteiger partial charge in [0.1, 0.15) is 5.82 Å². The summed E-state index contributed by atoms with van der Waals surface area (Å²) in [5, 5.41) is 2.72. The van der Waals surface area contributed by atoms with Crippen LogP contribution >= 0.6 is 0 Å². The van der Waals surface area contributed by atoms with Crippen LogP contribution in [0.5, 0.6) is 0 Å². The first-order valence-electron chi connectivity index (χ1n) is 8.77. The molecule has 1 heterocycles. The van der Waals surface area contributed by atoms with Gasteiger partial charge >= 0.3 is 6.18 Å². The van der Waals surface area contributed by atoms with E-state index >= 15 is 0 Å². The summed E-state index contributed by atoms with van der Waals surface area (Å²) in [6.45, 7) is 0.669. The normalized spacial score (nSPS) is 15.4. The van der Waals surface area contributed by atoms with Crippen LogP contribution in [-0.2, 0) is 11.0 Å². The maximum absolute atomic E-state index is 12.9. The first-order valence-corrected chi connectivity index (χ1v) is 8.77. The molecule has 1 fully saturated rings. The van der Waals surface area contributed by atoms with Crippen LogP contribution in [0.15, 0.2) is 48.5 Å². The molecule has 1 N–H and O–H groups in total. The molecule has 0 aromatic heterocycles. The Labute approximate surface area is 159 Å². The minimum absolute atomic E-state index is 0.183. The van der Waals surface area contributed by atoms with Gasteiger partial charge in [0.2, 0.25) is 5.91 Å². The number of hydrogen-bond donors (Lipinski definition) is 1. The molecular formula is C20H18F4N2O2. The Bertz CT molecular complexity index is 840. The smallest absolute Gasteiger partial charge is 0.339 e. The van der Waals surface area contributed by atoms with Gasteiger partial charge in [-0.1, -0.05) is 0 Å². The Hall–Kier alpha value is -2.90. The van der Waals surface area contributed by atoms with E-state index in [0.29, 0.717) is 31.6 Å². The van der Waals surface area contributed by atoms with Crippen LogP contribution in [0.4, 0.5) is 23.2 Å². The molecule has 0 atom stereocenters. The van der Waals surface area contributed by atoms with Crippen molar-refractivity contribution in [1.29, 1.82) is 0 Å². The van der Waals surface area contributed by atoms with Gasteiger partial charge in [-0.3, -0.25) is 9.59 Å². The summed E-state index contributed by atoms with van der Waals surface area (Å²) in [4.78, 5) is 26.3. The van der Waals surface area contributed by atoms with E-state index in [-0.39, 0.29) is 23.3 Å². The molecule has 2 aromatic rings. The lowest BCUT2D eigenvalue weighted by Crippen LogP contribution is -2.41. The number of benzene rings is 2. The number of carbonyl (C=O) groups excluding carboxylic acids is 2. The second-order valence-corrected chi connectivity index (χ2v) is 6.64. The predicted octanol–water partition coefficient (Wildman–Crippen LogP) is 4.34. The average molecular weight is 394 g/mol. The Morgan fingerprint density at radius 2 is 1.50 bits per heavy atom. The summed E-state index contributed by atoms with van der Waals surface area (Å²) < 4.78 is 50.8. The molecule has 148 valence electrons. The second kappa shape index (κ2) is 8.00. The highest BCUT2D eigenvalue weighted by Crippen LogP contribution is 2.29. The molecule has 3 rings (SSSR count). The SMILES string of the molecule is O=C(Nc1ccc(F)cc1)C1CCN(C(=O)c2ccc(C(F)(F)F)cc2)CC1. The highest BCUT2D eigenvalue weighted by Gasteiger charge is 2.31. The van der Waals surface area contributed by atoms with Crippen molar-refractivity contribution in [2.24, 2.45) is 5.92 Å². The first kappa shape index (κ1) is 19.9. The number of hydrogen-bond acceptors (Lipinski definition) is 2. The monoisotopic (exact) mass is 394 g/mol. The molecule has 1 aliphatic heterocycles. The Kier molecular flexibility index (Phi) is 5.67. The fourth-order valence-electron chi connectivity index (χ4n) is 3.11. The van der Waals surface area contributed by atoms with Crippen molar-refractivity contribution in [1.82, 2.24) is 4.90 Å². The van der Waals surface area contributed by atoms with Gasteiger partial charge in [0.25, 0.3) is 5.91 Å². The molecular weight excluding hydrogens is 376 g/mol. The summed E-state index contributed by atoms with van der Waals surface area (Å²) in [5.41, 5.74) is -0.128. The zero-order chi connectivity index (χ0) is 20.3. The summed E-state index contributed by atoms with van der Waals surface area (Å²) in [6.07, 6.45) is -3.56. The minimum atomic E-state index is -4.45. The largest absolute Gasteiger partial charge is 0.416 e. The van der Waals surface area contributed by atoms with Gasteiger partial charge in [0.15, 0.2) is 0 Å². The van der Waals surface area contributed by atoms with Gasteiger partial charge < -0.3 is 10.2 Å². The molecule has 8 heteroatoms. The highest BCUT2D eigenvalue weighted by molar-refractivity contribution is 5.95. The van der Waals surface area contributed by atoms with E-state index in [1.54, 1.807) is 0 Å². The Morgan fingerprint density at radius 3 is 2.04 bits per heavy atom. The number of likely N-dealkylation sites (tertiary alicyclic amines) is 1. The van der Waals surface area contributed by atoms with Crippen LogP contribution in [0.3, 0.4) is 0 Å². The number of anilines is 1. The van der Waals surface area contributed by atoms with Crippen LogP contribution in [0, 0.1) is 11.7 Å². The van der Waals surface area contributed by atoms with E-state index in [4.69, 9.17) is 0 Å². The molecule has 2 aromatic carbocycles. The van der Waals surface area contributed by atoms with E-state index in [1.165, 1.54) is 41.3 Å². The van der Waals surface area contributed by atoms with Crippen molar-refractivity contribution >= 4 is 17.5 Å². The van der Waals surface area contributed by atoms with Crippen LogP contribution in [0.2, 0.25) is 0 Å². The molecule has 0 saturated carbocycles. The summed E-state index contributed by atoms with van der Waals surface area (Å²) in [5.74, 6) is -1.24. The lowest BCUT2D eigenvalue weighted by molar-refractivity contribution is -0.137.